The molecule has 0 atom stereocenters. The summed E-state index contributed by atoms with van der Waals surface area (Å²) in [7, 11) is 1.51. The third-order valence-corrected chi connectivity index (χ3v) is 1.93. The minimum atomic E-state index is -0.681. The fourth-order valence-electron chi connectivity index (χ4n) is 1.13. The molecule has 0 amide bonds. The summed E-state index contributed by atoms with van der Waals surface area (Å²) in [6, 6.07) is 2.49. The number of oxime groups is 1. The Kier molecular flexibility index (Phi) is 4.81. The first kappa shape index (κ1) is 13.6. The van der Waals surface area contributed by atoms with Gasteiger partial charge in [-0.2, -0.15) is 0 Å². The zero-order chi connectivity index (χ0) is 13.5. The zero-order valence-corrected chi connectivity index (χ0v) is 9.57. The largest absolute Gasteiger partial charge is 0.475 e. The van der Waals surface area contributed by atoms with Crippen LogP contribution >= 0.6 is 0 Å². The van der Waals surface area contributed by atoms with Crippen LogP contribution in [0.25, 0.3) is 0 Å². The molecule has 0 aliphatic heterocycles. The van der Waals surface area contributed by atoms with Gasteiger partial charge in [-0.3, -0.25) is 10.1 Å². The van der Waals surface area contributed by atoms with Gasteiger partial charge in [0.1, 0.15) is 6.61 Å². The molecule has 0 unspecified atom stereocenters. The first-order chi connectivity index (χ1) is 8.60. The van der Waals surface area contributed by atoms with Crippen molar-refractivity contribution in [1.82, 2.24) is 4.98 Å². The lowest BCUT2D eigenvalue weighted by Gasteiger charge is -2.06. The van der Waals surface area contributed by atoms with Crippen LogP contribution in [0.5, 0.6) is 5.88 Å². The lowest BCUT2D eigenvalue weighted by Crippen LogP contribution is -2.18. The molecule has 0 spiro atoms. The topological polar surface area (TPSA) is 133 Å². The minimum absolute atomic E-state index is 0.124. The van der Waals surface area contributed by atoms with E-state index in [9.17, 15) is 10.1 Å². The highest BCUT2D eigenvalue weighted by atomic mass is 16.6. The summed E-state index contributed by atoms with van der Waals surface area (Å²) in [6.07, 6.45) is 0. The van der Waals surface area contributed by atoms with Crippen LogP contribution in [0.15, 0.2) is 17.3 Å². The monoisotopic (exact) mass is 256 g/mol. The van der Waals surface area contributed by atoms with Crippen molar-refractivity contribution in [3.05, 3.63) is 27.9 Å². The molecule has 0 fully saturated rings. The third-order valence-electron chi connectivity index (χ3n) is 1.93. The molecule has 0 bridgehead atoms. The molecule has 9 heteroatoms. The summed E-state index contributed by atoms with van der Waals surface area (Å²) in [5, 5.41) is 22.0. The molecule has 98 valence electrons. The summed E-state index contributed by atoms with van der Waals surface area (Å²) >= 11 is 0. The number of hydrogen-bond acceptors (Lipinski definition) is 7. The smallest absolute Gasteiger partial charge is 0.299 e. The van der Waals surface area contributed by atoms with Crippen LogP contribution in [0.2, 0.25) is 0 Å². The first-order valence-corrected chi connectivity index (χ1v) is 4.85. The van der Waals surface area contributed by atoms with Crippen LogP contribution in [0.4, 0.5) is 5.69 Å². The molecule has 1 heterocycles. The molecule has 9 nitrogen and oxygen atoms in total. The molecular weight excluding hydrogens is 244 g/mol. The molecule has 0 aliphatic rings. The Morgan fingerprint density at radius 1 is 1.61 bits per heavy atom. The molecule has 3 N–H and O–H groups in total. The van der Waals surface area contributed by atoms with Gasteiger partial charge in [-0.05, 0) is 0 Å². The summed E-state index contributed by atoms with van der Waals surface area (Å²) in [5.41, 5.74) is 4.69. The first-order valence-electron chi connectivity index (χ1n) is 4.85. The standard InChI is InChI=1S/C9H12N4O5/c1-17-4-5-18-7-3-2-6(13(15)16)8(11-7)9(10)12-14/h2-3,14H,4-5H2,1H3,(H2,10,12). The van der Waals surface area contributed by atoms with Crippen LogP contribution in [0.1, 0.15) is 5.69 Å². The van der Waals surface area contributed by atoms with Gasteiger partial charge in [0.2, 0.25) is 5.88 Å². The van der Waals surface area contributed by atoms with E-state index in [1.54, 1.807) is 0 Å². The van der Waals surface area contributed by atoms with Crippen molar-refractivity contribution in [3.8, 4) is 5.88 Å². The second-order valence-corrected chi connectivity index (χ2v) is 3.10. The van der Waals surface area contributed by atoms with Crippen molar-refractivity contribution >= 4 is 11.5 Å². The van der Waals surface area contributed by atoms with Crippen LogP contribution in [0.3, 0.4) is 0 Å². The number of nitrogens with zero attached hydrogens (tertiary/aromatic N) is 3. The quantitative estimate of drug-likeness (QED) is 0.184. The molecule has 0 saturated heterocycles. The number of pyridine rings is 1. The van der Waals surface area contributed by atoms with E-state index in [1.165, 1.54) is 19.2 Å². The Balaban J connectivity index is 3.02. The van der Waals surface area contributed by atoms with Gasteiger partial charge in [-0.15, -0.1) is 0 Å². The van der Waals surface area contributed by atoms with Gasteiger partial charge in [-0.1, -0.05) is 5.16 Å². The normalized spacial score (nSPS) is 11.3. The van der Waals surface area contributed by atoms with Gasteiger partial charge >= 0.3 is 0 Å². The van der Waals surface area contributed by atoms with Crippen molar-refractivity contribution in [3.63, 3.8) is 0 Å². The second-order valence-electron chi connectivity index (χ2n) is 3.10. The SMILES string of the molecule is COCCOc1ccc([N+](=O)[O-])c(/C(N)=N/O)n1. The Hall–Kier alpha value is -2.42. The number of nitrogens with two attached hydrogens (primary N) is 1. The Morgan fingerprint density at radius 2 is 2.33 bits per heavy atom. The van der Waals surface area contributed by atoms with Crippen molar-refractivity contribution in [1.29, 1.82) is 0 Å². The molecule has 0 saturated carbocycles. The predicted molar refractivity (Wildman–Crippen MR) is 60.8 cm³/mol. The molecule has 0 aromatic carbocycles. The summed E-state index contributed by atoms with van der Waals surface area (Å²) < 4.78 is 9.94. The predicted octanol–water partition coefficient (Wildman–Crippen LogP) is 0.110. The highest BCUT2D eigenvalue weighted by molar-refractivity contribution is 5.98. The van der Waals surface area contributed by atoms with E-state index < -0.39 is 10.8 Å². The molecule has 0 aliphatic carbocycles. The highest BCUT2D eigenvalue weighted by Gasteiger charge is 2.20. The van der Waals surface area contributed by atoms with Gasteiger partial charge in [-0.25, -0.2) is 4.98 Å². The number of ether oxygens (including phenoxy) is 2. The number of rotatable bonds is 6. The van der Waals surface area contributed by atoms with Gasteiger partial charge in [0, 0.05) is 19.2 Å². The molecule has 18 heavy (non-hydrogen) atoms. The van der Waals surface area contributed by atoms with E-state index in [-0.39, 0.29) is 23.9 Å². The third kappa shape index (κ3) is 3.28. The molecule has 1 rings (SSSR count). The maximum Gasteiger partial charge on any atom is 0.299 e. The Bertz CT molecular complexity index is 462. The number of aromatic nitrogens is 1. The van der Waals surface area contributed by atoms with Crippen LogP contribution < -0.4 is 10.5 Å². The lowest BCUT2D eigenvalue weighted by molar-refractivity contribution is -0.385. The molecular formula is C9H12N4O5. The number of amidine groups is 1. The Labute approximate surface area is 102 Å². The maximum absolute atomic E-state index is 10.7. The molecule has 1 aromatic heterocycles. The van der Waals surface area contributed by atoms with Crippen molar-refractivity contribution in [2.24, 2.45) is 10.9 Å². The lowest BCUT2D eigenvalue weighted by atomic mass is 10.3. The zero-order valence-electron chi connectivity index (χ0n) is 9.57. The van der Waals surface area contributed by atoms with E-state index in [4.69, 9.17) is 20.4 Å². The van der Waals surface area contributed by atoms with E-state index >= 15 is 0 Å². The van der Waals surface area contributed by atoms with E-state index in [1.807, 2.05) is 0 Å². The maximum atomic E-state index is 10.7. The van der Waals surface area contributed by atoms with Gasteiger partial charge in [0.05, 0.1) is 11.5 Å². The van der Waals surface area contributed by atoms with Crippen LogP contribution in [0, 0.1) is 10.1 Å². The fourth-order valence-corrected chi connectivity index (χ4v) is 1.13. The van der Waals surface area contributed by atoms with Crippen molar-refractivity contribution in [2.45, 2.75) is 0 Å². The Morgan fingerprint density at radius 3 is 2.89 bits per heavy atom. The average Bonchev–Trinajstić information content (AvgIpc) is 2.37. The van der Waals surface area contributed by atoms with Gasteiger partial charge < -0.3 is 20.4 Å². The van der Waals surface area contributed by atoms with E-state index in [0.29, 0.717) is 6.61 Å². The average molecular weight is 256 g/mol. The number of hydrogen-bond donors (Lipinski definition) is 2. The number of methoxy groups -OCH3 is 1. The summed E-state index contributed by atoms with van der Waals surface area (Å²) in [6.45, 7) is 0.578. The molecule has 0 radical (unpaired) electrons. The van der Waals surface area contributed by atoms with Crippen molar-refractivity contribution < 1.29 is 19.6 Å². The van der Waals surface area contributed by atoms with Gasteiger partial charge in [0.15, 0.2) is 11.5 Å². The summed E-state index contributed by atoms with van der Waals surface area (Å²) in [5.74, 6) is -0.335. The summed E-state index contributed by atoms with van der Waals surface area (Å²) in [4.78, 5) is 13.8. The molecule has 1 aromatic rings. The van der Waals surface area contributed by atoms with Gasteiger partial charge in [0.25, 0.3) is 5.69 Å². The highest BCUT2D eigenvalue weighted by Crippen LogP contribution is 2.19. The minimum Gasteiger partial charge on any atom is -0.475 e. The van der Waals surface area contributed by atoms with Crippen LogP contribution in [-0.4, -0.2) is 41.3 Å². The van der Waals surface area contributed by atoms with Crippen LogP contribution in [-0.2, 0) is 4.74 Å². The van der Waals surface area contributed by atoms with E-state index in [2.05, 4.69) is 10.1 Å². The second kappa shape index (κ2) is 6.35. The fraction of sp³-hybridized carbons (Fsp3) is 0.333. The van der Waals surface area contributed by atoms with Crippen molar-refractivity contribution in [2.75, 3.05) is 20.3 Å². The van der Waals surface area contributed by atoms with E-state index in [0.717, 1.165) is 0 Å². The number of nitro groups is 1.